The zero-order chi connectivity index (χ0) is 16.1. The van der Waals surface area contributed by atoms with Crippen molar-refractivity contribution in [1.82, 2.24) is 10.2 Å². The van der Waals surface area contributed by atoms with Crippen molar-refractivity contribution in [2.45, 2.75) is 26.3 Å². The molecule has 0 radical (unpaired) electrons. The Labute approximate surface area is 142 Å². The van der Waals surface area contributed by atoms with Crippen molar-refractivity contribution in [1.29, 1.82) is 0 Å². The van der Waals surface area contributed by atoms with Crippen molar-refractivity contribution in [3.8, 4) is 11.5 Å². The number of hydrogen-bond acceptors (Lipinski definition) is 4. The largest absolute Gasteiger partial charge is 0.495 e. The summed E-state index contributed by atoms with van der Waals surface area (Å²) in [4.78, 5) is 2.57. The standard InChI is InChI=1S/C17H27BrN2O2/c1-12(2)9-14(20-7-5-19-6-8-20)13-10-15(21-3)17(18)16(11-13)22-4/h10-12,14,19H,5-9H2,1-4H3/t14-/m0/s1. The predicted octanol–water partition coefficient (Wildman–Crippen LogP) is 3.46. The maximum absolute atomic E-state index is 5.51. The molecule has 1 aliphatic heterocycles. The first-order valence-electron chi connectivity index (χ1n) is 7.93. The highest BCUT2D eigenvalue weighted by atomic mass is 79.9. The third kappa shape index (κ3) is 4.15. The van der Waals surface area contributed by atoms with E-state index in [1.54, 1.807) is 14.2 Å². The van der Waals surface area contributed by atoms with E-state index < -0.39 is 0 Å². The maximum atomic E-state index is 5.51. The van der Waals surface area contributed by atoms with Crippen molar-refractivity contribution < 1.29 is 9.47 Å². The first kappa shape index (κ1) is 17.6. The van der Waals surface area contributed by atoms with Gasteiger partial charge in [0.2, 0.25) is 0 Å². The molecular formula is C17H27BrN2O2. The van der Waals surface area contributed by atoms with Crippen LogP contribution < -0.4 is 14.8 Å². The highest BCUT2D eigenvalue weighted by molar-refractivity contribution is 9.10. The quantitative estimate of drug-likeness (QED) is 0.831. The number of halogens is 1. The molecule has 1 heterocycles. The Balaban J connectivity index is 2.37. The Hall–Kier alpha value is -0.780. The molecule has 1 aromatic carbocycles. The van der Waals surface area contributed by atoms with Gasteiger partial charge in [0, 0.05) is 32.2 Å². The molecule has 0 bridgehead atoms. The zero-order valence-corrected chi connectivity index (χ0v) is 15.6. The van der Waals surface area contributed by atoms with Crippen LogP contribution in [0, 0.1) is 5.92 Å². The fourth-order valence-corrected chi connectivity index (χ4v) is 3.57. The van der Waals surface area contributed by atoms with Crippen LogP contribution in [0.2, 0.25) is 0 Å². The normalized spacial score (nSPS) is 17.5. The first-order chi connectivity index (χ1) is 10.6. The van der Waals surface area contributed by atoms with Crippen molar-refractivity contribution in [2.75, 3.05) is 40.4 Å². The summed E-state index contributed by atoms with van der Waals surface area (Å²) < 4.78 is 11.9. The summed E-state index contributed by atoms with van der Waals surface area (Å²) in [5.74, 6) is 2.30. The summed E-state index contributed by atoms with van der Waals surface area (Å²) in [6.45, 7) is 8.83. The lowest BCUT2D eigenvalue weighted by Crippen LogP contribution is -2.45. The third-order valence-electron chi connectivity index (χ3n) is 4.14. The van der Waals surface area contributed by atoms with Crippen molar-refractivity contribution in [2.24, 2.45) is 5.92 Å². The van der Waals surface area contributed by atoms with Crippen LogP contribution in [-0.4, -0.2) is 45.3 Å². The van der Waals surface area contributed by atoms with Gasteiger partial charge in [-0.15, -0.1) is 0 Å². The average Bonchev–Trinajstić information content (AvgIpc) is 2.53. The second kappa shape index (κ2) is 8.18. The number of hydrogen-bond donors (Lipinski definition) is 1. The molecule has 1 saturated heterocycles. The number of rotatable bonds is 6. The molecule has 2 rings (SSSR count). The summed E-state index contributed by atoms with van der Waals surface area (Å²) in [5.41, 5.74) is 1.27. The monoisotopic (exact) mass is 370 g/mol. The first-order valence-corrected chi connectivity index (χ1v) is 8.72. The van der Waals surface area contributed by atoms with E-state index in [2.05, 4.69) is 52.1 Å². The average molecular weight is 371 g/mol. The Kier molecular flexibility index (Phi) is 6.53. The van der Waals surface area contributed by atoms with Crippen molar-refractivity contribution >= 4 is 15.9 Å². The van der Waals surface area contributed by atoms with Gasteiger partial charge in [-0.3, -0.25) is 4.90 Å². The summed E-state index contributed by atoms with van der Waals surface area (Å²) >= 11 is 3.56. The molecular weight excluding hydrogens is 344 g/mol. The molecule has 22 heavy (non-hydrogen) atoms. The fraction of sp³-hybridized carbons (Fsp3) is 0.647. The molecule has 0 saturated carbocycles. The maximum Gasteiger partial charge on any atom is 0.137 e. The van der Waals surface area contributed by atoms with E-state index in [4.69, 9.17) is 9.47 Å². The fourth-order valence-electron chi connectivity index (χ4n) is 3.02. The van der Waals surface area contributed by atoms with Gasteiger partial charge in [-0.1, -0.05) is 13.8 Å². The lowest BCUT2D eigenvalue weighted by molar-refractivity contribution is 0.153. The molecule has 1 fully saturated rings. The predicted molar refractivity (Wildman–Crippen MR) is 93.9 cm³/mol. The smallest absolute Gasteiger partial charge is 0.137 e. The van der Waals surface area contributed by atoms with Crippen LogP contribution in [0.15, 0.2) is 16.6 Å². The SMILES string of the molecule is COc1cc([C@H](CC(C)C)N2CCNCC2)cc(OC)c1Br. The molecule has 1 atom stereocenters. The minimum absolute atomic E-state index is 0.401. The highest BCUT2D eigenvalue weighted by Gasteiger charge is 2.25. The van der Waals surface area contributed by atoms with Gasteiger partial charge in [0.25, 0.3) is 0 Å². The van der Waals surface area contributed by atoms with Gasteiger partial charge in [0.15, 0.2) is 0 Å². The zero-order valence-electron chi connectivity index (χ0n) is 14.0. The van der Waals surface area contributed by atoms with Crippen molar-refractivity contribution in [3.05, 3.63) is 22.2 Å². The summed E-state index contributed by atoms with van der Waals surface area (Å²) in [6, 6.07) is 4.68. The van der Waals surface area contributed by atoms with E-state index in [0.29, 0.717) is 12.0 Å². The molecule has 1 aromatic rings. The molecule has 1 aliphatic rings. The molecule has 0 unspecified atom stereocenters. The van der Waals surface area contributed by atoms with Gasteiger partial charge < -0.3 is 14.8 Å². The van der Waals surface area contributed by atoms with E-state index >= 15 is 0 Å². The van der Waals surface area contributed by atoms with Crippen LogP contribution in [0.1, 0.15) is 31.9 Å². The van der Waals surface area contributed by atoms with Crippen LogP contribution >= 0.6 is 15.9 Å². The lowest BCUT2D eigenvalue weighted by Gasteiger charge is -2.36. The third-order valence-corrected chi connectivity index (χ3v) is 4.92. The van der Waals surface area contributed by atoms with E-state index in [0.717, 1.165) is 48.6 Å². The van der Waals surface area contributed by atoms with Gasteiger partial charge in [0.05, 0.1) is 14.2 Å². The van der Waals surface area contributed by atoms with Crippen LogP contribution in [0.25, 0.3) is 0 Å². The number of benzene rings is 1. The molecule has 1 N–H and O–H groups in total. The second-order valence-electron chi connectivity index (χ2n) is 6.17. The summed E-state index contributed by atoms with van der Waals surface area (Å²) in [6.07, 6.45) is 1.13. The topological polar surface area (TPSA) is 33.7 Å². The molecule has 0 aliphatic carbocycles. The summed E-state index contributed by atoms with van der Waals surface area (Å²) in [5, 5.41) is 3.43. The van der Waals surface area contributed by atoms with E-state index in [9.17, 15) is 0 Å². The second-order valence-corrected chi connectivity index (χ2v) is 6.96. The number of nitrogens with one attached hydrogen (secondary N) is 1. The van der Waals surface area contributed by atoms with E-state index in [-0.39, 0.29) is 0 Å². The Bertz CT molecular complexity index is 463. The van der Waals surface area contributed by atoms with Gasteiger partial charge in [-0.2, -0.15) is 0 Å². The Morgan fingerprint density at radius 1 is 1.14 bits per heavy atom. The number of ether oxygens (including phenoxy) is 2. The van der Waals surface area contributed by atoms with Crippen LogP contribution in [0.4, 0.5) is 0 Å². The van der Waals surface area contributed by atoms with Gasteiger partial charge >= 0.3 is 0 Å². The van der Waals surface area contributed by atoms with Gasteiger partial charge in [-0.05, 0) is 46.0 Å². The van der Waals surface area contributed by atoms with E-state index in [1.807, 2.05) is 0 Å². The molecule has 4 nitrogen and oxygen atoms in total. The molecule has 0 spiro atoms. The summed E-state index contributed by atoms with van der Waals surface area (Å²) in [7, 11) is 3.40. The molecule has 0 amide bonds. The molecule has 0 aromatic heterocycles. The van der Waals surface area contributed by atoms with Gasteiger partial charge in [0.1, 0.15) is 16.0 Å². The Morgan fingerprint density at radius 3 is 2.14 bits per heavy atom. The molecule has 5 heteroatoms. The number of piperazine rings is 1. The van der Waals surface area contributed by atoms with Crippen LogP contribution in [0.3, 0.4) is 0 Å². The Morgan fingerprint density at radius 2 is 1.68 bits per heavy atom. The van der Waals surface area contributed by atoms with Crippen LogP contribution in [0.5, 0.6) is 11.5 Å². The number of methoxy groups -OCH3 is 2. The molecule has 124 valence electrons. The number of nitrogens with zero attached hydrogens (tertiary/aromatic N) is 1. The lowest BCUT2D eigenvalue weighted by atomic mass is 9.94. The minimum atomic E-state index is 0.401. The highest BCUT2D eigenvalue weighted by Crippen LogP contribution is 2.40. The van der Waals surface area contributed by atoms with Gasteiger partial charge in [-0.25, -0.2) is 0 Å². The minimum Gasteiger partial charge on any atom is -0.495 e. The van der Waals surface area contributed by atoms with Crippen molar-refractivity contribution in [3.63, 3.8) is 0 Å². The van der Waals surface area contributed by atoms with Crippen LogP contribution in [-0.2, 0) is 0 Å². The van der Waals surface area contributed by atoms with E-state index in [1.165, 1.54) is 5.56 Å².